The van der Waals surface area contributed by atoms with E-state index in [0.717, 1.165) is 39.0 Å². The Kier molecular flexibility index (Phi) is 3.97. The van der Waals surface area contributed by atoms with Gasteiger partial charge in [0.25, 0.3) is 0 Å². The van der Waals surface area contributed by atoms with E-state index >= 15 is 0 Å². The lowest BCUT2D eigenvalue weighted by molar-refractivity contribution is -0.130. The van der Waals surface area contributed by atoms with Crippen molar-refractivity contribution in [2.24, 2.45) is 0 Å². The number of amides is 1. The van der Waals surface area contributed by atoms with Crippen LogP contribution in [0.4, 0.5) is 0 Å². The molecule has 0 aromatic rings. The lowest BCUT2D eigenvalue weighted by atomic mass is 10.1. The van der Waals surface area contributed by atoms with E-state index in [1.807, 2.05) is 0 Å². The summed E-state index contributed by atoms with van der Waals surface area (Å²) >= 11 is 0. The van der Waals surface area contributed by atoms with Crippen LogP contribution in [0.3, 0.4) is 0 Å². The minimum Gasteiger partial charge on any atom is -0.368 e. The molecule has 2 rings (SSSR count). The first kappa shape index (κ1) is 10.9. The summed E-state index contributed by atoms with van der Waals surface area (Å²) in [5.74, 6) is 0.0745. The molecule has 2 atom stereocenters. The van der Waals surface area contributed by atoms with Gasteiger partial charge in [-0.25, -0.2) is 0 Å². The molecule has 4 heteroatoms. The Hall–Kier alpha value is -0.610. The standard InChI is InChI=1S/C11H20N2O2/c14-11(10-4-2-8-15-10)13-7-5-9-3-1-6-12-9/h9-10,12H,1-8H2,(H,13,14)/t9-,10+/m0/s1. The van der Waals surface area contributed by atoms with E-state index < -0.39 is 0 Å². The highest BCUT2D eigenvalue weighted by Crippen LogP contribution is 2.12. The molecule has 0 unspecified atom stereocenters. The number of nitrogens with one attached hydrogen (secondary N) is 2. The molecule has 2 aliphatic heterocycles. The number of hydrogen-bond donors (Lipinski definition) is 2. The van der Waals surface area contributed by atoms with Gasteiger partial charge in [0.15, 0.2) is 0 Å². The molecule has 1 amide bonds. The number of rotatable bonds is 4. The van der Waals surface area contributed by atoms with Crippen LogP contribution in [0.1, 0.15) is 32.1 Å². The van der Waals surface area contributed by atoms with Crippen molar-refractivity contribution < 1.29 is 9.53 Å². The lowest BCUT2D eigenvalue weighted by Crippen LogP contribution is -2.36. The molecule has 0 saturated carbocycles. The summed E-state index contributed by atoms with van der Waals surface area (Å²) in [4.78, 5) is 11.6. The van der Waals surface area contributed by atoms with Crippen molar-refractivity contribution in [2.45, 2.75) is 44.2 Å². The third-order valence-corrected chi connectivity index (χ3v) is 3.18. The number of ether oxygens (including phenoxy) is 1. The van der Waals surface area contributed by atoms with E-state index in [4.69, 9.17) is 4.74 Å². The van der Waals surface area contributed by atoms with Crippen LogP contribution in [0.5, 0.6) is 0 Å². The highest BCUT2D eigenvalue weighted by molar-refractivity contribution is 5.80. The average Bonchev–Trinajstić information content (AvgIpc) is 2.90. The van der Waals surface area contributed by atoms with Crippen LogP contribution in [0.2, 0.25) is 0 Å². The molecular weight excluding hydrogens is 192 g/mol. The van der Waals surface area contributed by atoms with Gasteiger partial charge >= 0.3 is 0 Å². The van der Waals surface area contributed by atoms with Crippen molar-refractivity contribution in [1.29, 1.82) is 0 Å². The predicted octanol–water partition coefficient (Wildman–Crippen LogP) is 0.424. The van der Waals surface area contributed by atoms with Crippen molar-refractivity contribution in [3.63, 3.8) is 0 Å². The molecule has 2 heterocycles. The van der Waals surface area contributed by atoms with Crippen LogP contribution in [0, 0.1) is 0 Å². The molecule has 86 valence electrons. The smallest absolute Gasteiger partial charge is 0.249 e. The van der Waals surface area contributed by atoms with Gasteiger partial charge in [0.2, 0.25) is 5.91 Å². The van der Waals surface area contributed by atoms with Gasteiger partial charge in [-0.15, -0.1) is 0 Å². The Labute approximate surface area is 90.8 Å². The van der Waals surface area contributed by atoms with Crippen LogP contribution in [-0.4, -0.2) is 37.7 Å². The summed E-state index contributed by atoms with van der Waals surface area (Å²) in [6, 6.07) is 0.606. The molecule has 0 aromatic heterocycles. The molecule has 0 bridgehead atoms. The maximum Gasteiger partial charge on any atom is 0.249 e. The van der Waals surface area contributed by atoms with E-state index in [1.54, 1.807) is 0 Å². The van der Waals surface area contributed by atoms with Crippen LogP contribution in [-0.2, 0) is 9.53 Å². The summed E-state index contributed by atoms with van der Waals surface area (Å²) in [6.45, 7) is 2.64. The van der Waals surface area contributed by atoms with E-state index in [0.29, 0.717) is 6.04 Å². The van der Waals surface area contributed by atoms with Gasteiger partial charge < -0.3 is 15.4 Å². The van der Waals surface area contributed by atoms with Crippen LogP contribution < -0.4 is 10.6 Å². The van der Waals surface area contributed by atoms with Crippen LogP contribution >= 0.6 is 0 Å². The van der Waals surface area contributed by atoms with Crippen molar-refractivity contribution >= 4 is 5.91 Å². The molecule has 2 aliphatic rings. The lowest BCUT2D eigenvalue weighted by Gasteiger charge is -2.13. The summed E-state index contributed by atoms with van der Waals surface area (Å²) in [5, 5.41) is 6.36. The van der Waals surface area contributed by atoms with Gasteiger partial charge in [-0.3, -0.25) is 4.79 Å². The third kappa shape index (κ3) is 3.18. The largest absolute Gasteiger partial charge is 0.368 e. The zero-order valence-electron chi connectivity index (χ0n) is 9.13. The average molecular weight is 212 g/mol. The van der Waals surface area contributed by atoms with Gasteiger partial charge in [-0.1, -0.05) is 0 Å². The van der Waals surface area contributed by atoms with Crippen molar-refractivity contribution in [3.05, 3.63) is 0 Å². The Bertz CT molecular complexity index is 209. The third-order valence-electron chi connectivity index (χ3n) is 3.18. The quantitative estimate of drug-likeness (QED) is 0.710. The Balaban J connectivity index is 1.58. The van der Waals surface area contributed by atoms with E-state index in [-0.39, 0.29) is 12.0 Å². The van der Waals surface area contributed by atoms with Gasteiger partial charge in [0.05, 0.1) is 0 Å². The first-order valence-electron chi connectivity index (χ1n) is 5.99. The minimum absolute atomic E-state index is 0.0745. The predicted molar refractivity (Wildman–Crippen MR) is 57.6 cm³/mol. The molecule has 4 nitrogen and oxygen atoms in total. The molecule has 0 aliphatic carbocycles. The second-order valence-corrected chi connectivity index (χ2v) is 4.37. The Morgan fingerprint density at radius 1 is 1.40 bits per heavy atom. The normalized spacial score (nSPS) is 30.7. The number of carbonyl (C=O) groups is 1. The van der Waals surface area contributed by atoms with Gasteiger partial charge in [-0.05, 0) is 38.6 Å². The zero-order chi connectivity index (χ0) is 10.5. The number of carbonyl (C=O) groups excluding carboxylic acids is 1. The summed E-state index contributed by atoms with van der Waals surface area (Å²) in [7, 11) is 0. The summed E-state index contributed by atoms with van der Waals surface area (Å²) in [6.07, 6.45) is 5.27. The maximum absolute atomic E-state index is 11.6. The summed E-state index contributed by atoms with van der Waals surface area (Å²) < 4.78 is 5.31. The Morgan fingerprint density at radius 2 is 2.33 bits per heavy atom. The monoisotopic (exact) mass is 212 g/mol. The first-order valence-corrected chi connectivity index (χ1v) is 5.99. The molecule has 0 radical (unpaired) electrons. The molecule has 0 aromatic carbocycles. The first-order chi connectivity index (χ1) is 7.36. The van der Waals surface area contributed by atoms with E-state index in [9.17, 15) is 4.79 Å². The molecular formula is C11H20N2O2. The van der Waals surface area contributed by atoms with Gasteiger partial charge in [0, 0.05) is 19.2 Å². The highest BCUT2D eigenvalue weighted by atomic mass is 16.5. The van der Waals surface area contributed by atoms with Gasteiger partial charge in [0.1, 0.15) is 6.10 Å². The van der Waals surface area contributed by atoms with Crippen molar-refractivity contribution in [1.82, 2.24) is 10.6 Å². The summed E-state index contributed by atoms with van der Waals surface area (Å²) in [5.41, 5.74) is 0. The molecule has 2 N–H and O–H groups in total. The molecule has 15 heavy (non-hydrogen) atoms. The Morgan fingerprint density at radius 3 is 3.00 bits per heavy atom. The maximum atomic E-state index is 11.6. The fraction of sp³-hybridized carbons (Fsp3) is 0.909. The topological polar surface area (TPSA) is 50.4 Å². The zero-order valence-corrected chi connectivity index (χ0v) is 9.13. The fourth-order valence-corrected chi connectivity index (χ4v) is 2.27. The van der Waals surface area contributed by atoms with E-state index in [1.165, 1.54) is 12.8 Å². The van der Waals surface area contributed by atoms with E-state index in [2.05, 4.69) is 10.6 Å². The highest BCUT2D eigenvalue weighted by Gasteiger charge is 2.23. The second kappa shape index (κ2) is 5.47. The fourth-order valence-electron chi connectivity index (χ4n) is 2.27. The minimum atomic E-state index is -0.179. The SMILES string of the molecule is O=C(NCC[C@@H]1CCCN1)[C@H]1CCCO1. The van der Waals surface area contributed by atoms with Crippen LogP contribution in [0.15, 0.2) is 0 Å². The molecule has 0 spiro atoms. The van der Waals surface area contributed by atoms with Crippen molar-refractivity contribution in [2.75, 3.05) is 19.7 Å². The van der Waals surface area contributed by atoms with Crippen molar-refractivity contribution in [3.8, 4) is 0 Å². The van der Waals surface area contributed by atoms with Crippen LogP contribution in [0.25, 0.3) is 0 Å². The number of hydrogen-bond acceptors (Lipinski definition) is 3. The molecule has 2 saturated heterocycles. The second-order valence-electron chi connectivity index (χ2n) is 4.37. The molecule has 2 fully saturated rings. The van der Waals surface area contributed by atoms with Gasteiger partial charge in [-0.2, -0.15) is 0 Å².